The van der Waals surface area contributed by atoms with E-state index in [4.69, 9.17) is 21.6 Å². The summed E-state index contributed by atoms with van der Waals surface area (Å²) in [6.07, 6.45) is 4.25. The van der Waals surface area contributed by atoms with E-state index in [2.05, 4.69) is 10.3 Å². The van der Waals surface area contributed by atoms with E-state index < -0.39 is 10.8 Å². The van der Waals surface area contributed by atoms with Crippen LogP contribution >= 0.6 is 11.6 Å². The minimum absolute atomic E-state index is 0.0251. The van der Waals surface area contributed by atoms with Crippen molar-refractivity contribution in [1.82, 2.24) is 4.98 Å². The number of rotatable bonds is 6. The van der Waals surface area contributed by atoms with Crippen LogP contribution in [0.15, 0.2) is 60.8 Å². The van der Waals surface area contributed by atoms with Crippen molar-refractivity contribution in [3.05, 3.63) is 92.6 Å². The second-order valence-electron chi connectivity index (χ2n) is 6.34. The number of amides is 1. The van der Waals surface area contributed by atoms with Crippen LogP contribution in [0.4, 0.5) is 11.4 Å². The lowest BCUT2D eigenvalue weighted by molar-refractivity contribution is -0.384. The topological polar surface area (TPSA) is 118 Å². The molecule has 1 amide bonds. The van der Waals surface area contributed by atoms with E-state index in [0.29, 0.717) is 22.6 Å². The highest BCUT2D eigenvalue weighted by Gasteiger charge is 2.12. The zero-order valence-electron chi connectivity index (χ0n) is 16.2. The normalized spacial score (nSPS) is 10.5. The van der Waals surface area contributed by atoms with Gasteiger partial charge < -0.3 is 10.1 Å². The Morgan fingerprint density at radius 1 is 1.29 bits per heavy atom. The van der Waals surface area contributed by atoms with Gasteiger partial charge in [0.1, 0.15) is 22.4 Å². The van der Waals surface area contributed by atoms with E-state index in [0.717, 1.165) is 5.56 Å². The Balaban J connectivity index is 1.69. The molecule has 3 aromatic rings. The number of nitrogens with one attached hydrogen (secondary N) is 1. The molecule has 0 spiro atoms. The van der Waals surface area contributed by atoms with Gasteiger partial charge in [0.15, 0.2) is 0 Å². The van der Waals surface area contributed by atoms with Gasteiger partial charge >= 0.3 is 0 Å². The fourth-order valence-corrected chi connectivity index (χ4v) is 2.81. The number of ether oxygens (including phenoxy) is 1. The SMILES string of the molecule is Cc1cc(Oc2ncccc2C#N)ccc1NC(=O)/C=C/c1ccc(Cl)c([N+](=O)[O-])c1. The standard InChI is InChI=1S/C22H15ClN4O4/c1-14-11-17(31-22-16(13-24)3-2-10-25-22)6-8-19(14)26-21(28)9-5-15-4-7-18(23)20(12-15)27(29)30/h2-12H,1H3,(H,26,28)/b9-5+. The van der Waals surface area contributed by atoms with Gasteiger partial charge in [-0.05, 0) is 60.5 Å². The number of halogens is 1. The number of benzene rings is 2. The zero-order valence-corrected chi connectivity index (χ0v) is 17.0. The van der Waals surface area contributed by atoms with Gasteiger partial charge in [-0.1, -0.05) is 17.7 Å². The minimum atomic E-state index is -0.586. The predicted molar refractivity (Wildman–Crippen MR) is 116 cm³/mol. The molecule has 1 heterocycles. The maximum atomic E-state index is 12.2. The number of hydrogen-bond donors (Lipinski definition) is 1. The van der Waals surface area contributed by atoms with Crippen LogP contribution in [0, 0.1) is 28.4 Å². The summed E-state index contributed by atoms with van der Waals surface area (Å²) in [5.74, 6) is 0.252. The third-order valence-electron chi connectivity index (χ3n) is 4.16. The monoisotopic (exact) mass is 434 g/mol. The summed E-state index contributed by atoms with van der Waals surface area (Å²) in [6.45, 7) is 1.79. The van der Waals surface area contributed by atoms with Crippen molar-refractivity contribution in [2.45, 2.75) is 6.92 Å². The lowest BCUT2D eigenvalue weighted by Gasteiger charge is -2.10. The summed E-state index contributed by atoms with van der Waals surface area (Å²) in [5, 5.41) is 22.8. The molecule has 3 rings (SSSR count). The summed E-state index contributed by atoms with van der Waals surface area (Å²) >= 11 is 5.78. The van der Waals surface area contributed by atoms with Gasteiger partial charge in [0.25, 0.3) is 5.69 Å². The molecule has 0 saturated heterocycles. The predicted octanol–water partition coefficient (Wildman–Crippen LogP) is 5.27. The summed E-state index contributed by atoms with van der Waals surface area (Å²) in [7, 11) is 0. The van der Waals surface area contributed by atoms with Crippen molar-refractivity contribution < 1.29 is 14.5 Å². The molecule has 0 aliphatic carbocycles. The molecular weight excluding hydrogens is 420 g/mol. The van der Waals surface area contributed by atoms with E-state index in [1.165, 1.54) is 30.5 Å². The number of pyridine rings is 1. The van der Waals surface area contributed by atoms with Crippen molar-refractivity contribution >= 4 is 35.0 Å². The van der Waals surface area contributed by atoms with E-state index in [1.54, 1.807) is 43.3 Å². The molecule has 2 aromatic carbocycles. The molecule has 0 bridgehead atoms. The summed E-state index contributed by atoms with van der Waals surface area (Å²) in [4.78, 5) is 26.7. The quantitative estimate of drug-likeness (QED) is 0.321. The molecule has 9 heteroatoms. The zero-order chi connectivity index (χ0) is 22.4. The average molecular weight is 435 g/mol. The molecule has 0 aliphatic rings. The van der Waals surface area contributed by atoms with Crippen LogP contribution < -0.4 is 10.1 Å². The Morgan fingerprint density at radius 2 is 2.10 bits per heavy atom. The first-order valence-corrected chi connectivity index (χ1v) is 9.32. The molecule has 154 valence electrons. The second kappa shape index (κ2) is 9.52. The van der Waals surface area contributed by atoms with Gasteiger partial charge in [-0.2, -0.15) is 5.26 Å². The van der Waals surface area contributed by atoms with E-state index >= 15 is 0 Å². The highest BCUT2D eigenvalue weighted by molar-refractivity contribution is 6.32. The molecule has 0 atom stereocenters. The number of nitrogens with zero attached hydrogens (tertiary/aromatic N) is 3. The number of nitro groups is 1. The van der Waals surface area contributed by atoms with Crippen molar-refractivity contribution in [2.75, 3.05) is 5.32 Å². The third-order valence-corrected chi connectivity index (χ3v) is 4.48. The van der Waals surface area contributed by atoms with Crippen LogP contribution in [-0.2, 0) is 4.79 Å². The first-order chi connectivity index (χ1) is 14.9. The van der Waals surface area contributed by atoms with Crippen LogP contribution in [0.3, 0.4) is 0 Å². The Kier molecular flexibility index (Phi) is 6.60. The summed E-state index contributed by atoms with van der Waals surface area (Å²) in [5.41, 5.74) is 1.84. The second-order valence-corrected chi connectivity index (χ2v) is 6.74. The smallest absolute Gasteiger partial charge is 0.288 e. The van der Waals surface area contributed by atoms with Crippen molar-refractivity contribution in [2.24, 2.45) is 0 Å². The molecule has 1 aromatic heterocycles. The number of aryl methyl sites for hydroxylation is 1. The van der Waals surface area contributed by atoms with Gasteiger partial charge in [0.05, 0.1) is 4.92 Å². The van der Waals surface area contributed by atoms with E-state index in [-0.39, 0.29) is 16.6 Å². The minimum Gasteiger partial charge on any atom is -0.438 e. The van der Waals surface area contributed by atoms with Crippen LogP contribution in [0.25, 0.3) is 6.08 Å². The molecule has 0 unspecified atom stereocenters. The highest BCUT2D eigenvalue weighted by atomic mass is 35.5. The van der Waals surface area contributed by atoms with Gasteiger partial charge in [-0.15, -0.1) is 0 Å². The number of nitro benzene ring substituents is 1. The van der Waals surface area contributed by atoms with Crippen molar-refractivity contribution in [3.63, 3.8) is 0 Å². The van der Waals surface area contributed by atoms with Crippen molar-refractivity contribution in [1.29, 1.82) is 5.26 Å². The van der Waals surface area contributed by atoms with Crippen LogP contribution in [-0.4, -0.2) is 15.8 Å². The molecule has 0 saturated carbocycles. The number of anilines is 1. The Labute approximate surface area is 182 Å². The number of hydrogen-bond acceptors (Lipinski definition) is 6. The molecule has 1 N–H and O–H groups in total. The number of aromatic nitrogens is 1. The largest absolute Gasteiger partial charge is 0.438 e. The van der Waals surface area contributed by atoms with E-state index in [9.17, 15) is 14.9 Å². The van der Waals surface area contributed by atoms with Gasteiger partial charge in [-0.3, -0.25) is 14.9 Å². The summed E-state index contributed by atoms with van der Waals surface area (Å²) in [6, 6.07) is 14.5. The first-order valence-electron chi connectivity index (χ1n) is 8.94. The lowest BCUT2D eigenvalue weighted by atomic mass is 10.1. The van der Waals surface area contributed by atoms with Crippen molar-refractivity contribution in [3.8, 4) is 17.7 Å². The van der Waals surface area contributed by atoms with E-state index in [1.807, 2.05) is 6.07 Å². The molecular formula is C22H15ClN4O4. The Hall–Kier alpha value is -4.22. The van der Waals surface area contributed by atoms with Gasteiger partial charge in [0.2, 0.25) is 11.8 Å². The molecule has 8 nitrogen and oxygen atoms in total. The molecule has 0 aliphatic heterocycles. The number of carbonyl (C=O) groups is 1. The van der Waals surface area contributed by atoms with Gasteiger partial charge in [0, 0.05) is 24.0 Å². The fourth-order valence-electron chi connectivity index (χ4n) is 2.63. The molecule has 31 heavy (non-hydrogen) atoms. The average Bonchev–Trinajstić information content (AvgIpc) is 2.75. The Morgan fingerprint density at radius 3 is 2.81 bits per heavy atom. The molecule has 0 fully saturated rings. The lowest BCUT2D eigenvalue weighted by Crippen LogP contribution is -2.09. The van der Waals surface area contributed by atoms with Crippen LogP contribution in [0.5, 0.6) is 11.6 Å². The third kappa shape index (κ3) is 5.44. The van der Waals surface area contributed by atoms with Crippen LogP contribution in [0.1, 0.15) is 16.7 Å². The van der Waals surface area contributed by atoms with Crippen LogP contribution in [0.2, 0.25) is 5.02 Å². The number of carbonyl (C=O) groups excluding carboxylic acids is 1. The first kappa shape index (κ1) is 21.5. The summed E-state index contributed by atoms with van der Waals surface area (Å²) < 4.78 is 5.66. The van der Waals surface area contributed by atoms with Gasteiger partial charge in [-0.25, -0.2) is 4.98 Å². The highest BCUT2D eigenvalue weighted by Crippen LogP contribution is 2.27. The Bertz CT molecular complexity index is 1230. The maximum absolute atomic E-state index is 12.2. The fraction of sp³-hybridized carbons (Fsp3) is 0.0455. The maximum Gasteiger partial charge on any atom is 0.288 e. The number of nitriles is 1. The molecule has 0 radical (unpaired) electrons.